The quantitative estimate of drug-likeness (QED) is 0.507. The van der Waals surface area contributed by atoms with Gasteiger partial charge in [0.2, 0.25) is 5.91 Å². The molecule has 5 rings (SSSR count). The van der Waals surface area contributed by atoms with Crippen LogP contribution in [0.2, 0.25) is 0 Å². The molecular weight excluding hydrogens is 494 g/mol. The lowest BCUT2D eigenvalue weighted by molar-refractivity contribution is -0.117. The first-order chi connectivity index (χ1) is 17.0. The van der Waals surface area contributed by atoms with E-state index in [0.717, 1.165) is 73.1 Å². The summed E-state index contributed by atoms with van der Waals surface area (Å²) >= 11 is 1.64. The minimum absolute atomic E-state index is 0. The highest BCUT2D eigenvalue weighted by Crippen LogP contribution is 2.31. The van der Waals surface area contributed by atoms with E-state index in [0.29, 0.717) is 6.54 Å². The first kappa shape index (κ1) is 26.8. The number of aryl methyl sites for hydroxylation is 1. The first-order valence-corrected chi connectivity index (χ1v) is 13.4. The number of hydrogen-bond donors (Lipinski definition) is 2. The topological polar surface area (TPSA) is 76.6 Å². The highest BCUT2D eigenvalue weighted by atomic mass is 35.5. The van der Waals surface area contributed by atoms with Gasteiger partial charge < -0.3 is 15.5 Å². The second-order valence-electron chi connectivity index (χ2n) is 9.86. The van der Waals surface area contributed by atoms with Gasteiger partial charge in [0.15, 0.2) is 0 Å². The predicted octanol–water partition coefficient (Wildman–Crippen LogP) is 3.36. The Morgan fingerprint density at radius 1 is 1.11 bits per heavy atom. The van der Waals surface area contributed by atoms with Crippen molar-refractivity contribution < 1.29 is 4.79 Å². The molecule has 0 unspecified atom stereocenters. The van der Waals surface area contributed by atoms with E-state index < -0.39 is 0 Å². The molecule has 194 valence electrons. The van der Waals surface area contributed by atoms with Gasteiger partial charge in [-0.15, -0.1) is 23.7 Å². The van der Waals surface area contributed by atoms with Crippen LogP contribution in [-0.4, -0.2) is 83.6 Å². The molecule has 2 saturated heterocycles. The largest absolute Gasteiger partial charge is 0.348 e. The molecule has 2 fully saturated rings. The van der Waals surface area contributed by atoms with Crippen molar-refractivity contribution in [3.05, 3.63) is 47.1 Å². The van der Waals surface area contributed by atoms with E-state index >= 15 is 0 Å². The van der Waals surface area contributed by atoms with Crippen LogP contribution in [-0.2, 0) is 11.3 Å². The van der Waals surface area contributed by atoms with Crippen molar-refractivity contribution in [2.45, 2.75) is 39.4 Å². The number of nitrogens with zero attached hydrogens (tertiary/aromatic N) is 5. The van der Waals surface area contributed by atoms with Crippen LogP contribution in [0.15, 0.2) is 36.0 Å². The fourth-order valence-corrected chi connectivity index (χ4v) is 6.11. The van der Waals surface area contributed by atoms with Crippen molar-refractivity contribution in [1.82, 2.24) is 25.1 Å². The zero-order valence-electron chi connectivity index (χ0n) is 21.2. The number of thiophene rings is 1. The Bertz CT molecular complexity index is 1170. The van der Waals surface area contributed by atoms with Crippen LogP contribution in [0.3, 0.4) is 0 Å². The number of carbonyl (C=O) groups excluding carboxylic acids is 1. The minimum Gasteiger partial charge on any atom is -0.348 e. The Kier molecular flexibility index (Phi) is 8.79. The summed E-state index contributed by atoms with van der Waals surface area (Å²) in [5, 5.41) is 9.76. The highest BCUT2D eigenvalue weighted by Gasteiger charge is 2.32. The van der Waals surface area contributed by atoms with E-state index in [1.54, 1.807) is 17.7 Å². The second-order valence-corrected chi connectivity index (χ2v) is 10.8. The van der Waals surface area contributed by atoms with Crippen LogP contribution in [0.4, 0.5) is 11.5 Å². The molecule has 1 amide bonds. The molecule has 2 aliphatic heterocycles. The third-order valence-corrected chi connectivity index (χ3v) is 7.86. The molecule has 1 aromatic carbocycles. The van der Waals surface area contributed by atoms with Crippen LogP contribution in [0, 0.1) is 6.92 Å². The number of fused-ring (bicyclic) bond motifs is 1. The van der Waals surface area contributed by atoms with Crippen molar-refractivity contribution in [3.8, 4) is 0 Å². The number of anilines is 2. The van der Waals surface area contributed by atoms with E-state index in [1.807, 2.05) is 0 Å². The number of aromatic nitrogens is 2. The Balaban J connectivity index is 0.00000304. The molecule has 0 saturated carbocycles. The van der Waals surface area contributed by atoms with Gasteiger partial charge in [0.25, 0.3) is 0 Å². The number of rotatable bonds is 6. The summed E-state index contributed by atoms with van der Waals surface area (Å²) < 4.78 is 0. The smallest absolute Gasteiger partial charge is 0.238 e. The van der Waals surface area contributed by atoms with E-state index in [2.05, 4.69) is 85.7 Å². The number of piperazine rings is 2. The molecule has 8 nitrogen and oxygen atoms in total. The van der Waals surface area contributed by atoms with Crippen LogP contribution in [0.5, 0.6) is 0 Å². The molecule has 10 heteroatoms. The number of benzene rings is 1. The summed E-state index contributed by atoms with van der Waals surface area (Å²) in [5.74, 6) is 1.04. The SMILES string of the molecule is Cc1ccc(CN2CCNCC2)cc1NC(=O)CN1C[C@@H](C)N(c2ncnc3sccc23)[C@@H](C)C1.Cl. The van der Waals surface area contributed by atoms with Crippen molar-refractivity contribution in [2.75, 3.05) is 56.0 Å². The molecule has 2 atom stereocenters. The fraction of sp³-hybridized carbons (Fsp3) is 0.500. The summed E-state index contributed by atoms with van der Waals surface area (Å²) in [6.45, 7) is 13.6. The minimum atomic E-state index is 0. The number of carbonyl (C=O) groups is 1. The van der Waals surface area contributed by atoms with Crippen LogP contribution in [0.1, 0.15) is 25.0 Å². The molecule has 2 aliphatic rings. The second kappa shape index (κ2) is 11.8. The van der Waals surface area contributed by atoms with Gasteiger partial charge in [0.05, 0.1) is 11.9 Å². The third kappa shape index (κ3) is 5.98. The Morgan fingerprint density at radius 3 is 2.61 bits per heavy atom. The molecule has 4 heterocycles. The van der Waals surface area contributed by atoms with Gasteiger partial charge in [-0.05, 0) is 49.4 Å². The van der Waals surface area contributed by atoms with Gasteiger partial charge in [0, 0.05) is 63.6 Å². The summed E-state index contributed by atoms with van der Waals surface area (Å²) in [6.07, 6.45) is 1.66. The lowest BCUT2D eigenvalue weighted by Crippen LogP contribution is -2.58. The number of halogens is 1. The summed E-state index contributed by atoms with van der Waals surface area (Å²) in [5.41, 5.74) is 3.26. The molecule has 3 aromatic rings. The maximum atomic E-state index is 13.0. The zero-order chi connectivity index (χ0) is 24.4. The molecular formula is C26H36ClN7OS. The Hall–Kier alpha value is -2.30. The van der Waals surface area contributed by atoms with Crippen LogP contribution < -0.4 is 15.5 Å². The molecule has 0 radical (unpaired) electrons. The summed E-state index contributed by atoms with van der Waals surface area (Å²) in [7, 11) is 0. The maximum Gasteiger partial charge on any atom is 0.238 e. The number of hydrogen-bond acceptors (Lipinski definition) is 8. The molecule has 2 N–H and O–H groups in total. The van der Waals surface area contributed by atoms with Crippen molar-refractivity contribution in [3.63, 3.8) is 0 Å². The lowest BCUT2D eigenvalue weighted by atomic mass is 10.1. The standard InChI is InChI=1S/C26H35N7OS.ClH/c1-18-4-5-21(15-31-9-7-27-8-10-31)12-23(18)30-24(34)16-32-13-19(2)33(20(3)14-32)25-22-6-11-35-26(22)29-17-28-25;/h4-6,11-12,17,19-20,27H,7-10,13-16H2,1-3H3,(H,30,34);1H/t19-,20+;. The summed E-state index contributed by atoms with van der Waals surface area (Å²) in [6, 6.07) is 9.02. The zero-order valence-corrected chi connectivity index (χ0v) is 22.9. The first-order valence-electron chi connectivity index (χ1n) is 12.5. The van der Waals surface area contributed by atoms with Crippen molar-refractivity contribution in [2.24, 2.45) is 0 Å². The number of amides is 1. The van der Waals surface area contributed by atoms with E-state index in [-0.39, 0.29) is 30.4 Å². The van der Waals surface area contributed by atoms with E-state index in [1.165, 1.54) is 5.56 Å². The van der Waals surface area contributed by atoms with Gasteiger partial charge >= 0.3 is 0 Å². The van der Waals surface area contributed by atoms with Gasteiger partial charge in [-0.1, -0.05) is 12.1 Å². The lowest BCUT2D eigenvalue weighted by Gasteiger charge is -2.45. The fourth-order valence-electron chi connectivity index (χ4n) is 5.38. The summed E-state index contributed by atoms with van der Waals surface area (Å²) in [4.78, 5) is 30.2. The molecule has 2 aromatic heterocycles. The van der Waals surface area contributed by atoms with E-state index in [4.69, 9.17) is 0 Å². The number of nitrogens with one attached hydrogen (secondary N) is 2. The highest BCUT2D eigenvalue weighted by molar-refractivity contribution is 7.16. The Morgan fingerprint density at radius 2 is 1.86 bits per heavy atom. The molecule has 0 aliphatic carbocycles. The molecule has 36 heavy (non-hydrogen) atoms. The monoisotopic (exact) mass is 529 g/mol. The van der Waals surface area contributed by atoms with Gasteiger partial charge in [0.1, 0.15) is 17.0 Å². The third-order valence-electron chi connectivity index (χ3n) is 7.04. The van der Waals surface area contributed by atoms with Gasteiger partial charge in [-0.25, -0.2) is 9.97 Å². The predicted molar refractivity (Wildman–Crippen MR) is 150 cm³/mol. The molecule has 0 bridgehead atoms. The van der Waals surface area contributed by atoms with Crippen LogP contribution in [0.25, 0.3) is 10.2 Å². The average Bonchev–Trinajstić information content (AvgIpc) is 3.31. The normalized spacial score (nSPS) is 21.4. The average molecular weight is 530 g/mol. The van der Waals surface area contributed by atoms with Crippen molar-refractivity contribution >= 4 is 51.4 Å². The van der Waals surface area contributed by atoms with E-state index in [9.17, 15) is 4.79 Å². The Labute approximate surface area is 223 Å². The van der Waals surface area contributed by atoms with Crippen molar-refractivity contribution in [1.29, 1.82) is 0 Å². The molecule has 0 spiro atoms. The maximum absolute atomic E-state index is 13.0. The van der Waals surface area contributed by atoms with Gasteiger partial charge in [-0.3, -0.25) is 14.6 Å². The van der Waals surface area contributed by atoms with Crippen LogP contribution >= 0.6 is 23.7 Å². The van der Waals surface area contributed by atoms with Gasteiger partial charge in [-0.2, -0.15) is 0 Å².